The molecule has 1 aliphatic heterocycles. The van der Waals surface area contributed by atoms with E-state index in [2.05, 4.69) is 5.32 Å². The Balaban J connectivity index is 1.74. The highest BCUT2D eigenvalue weighted by atomic mass is 16.6. The molecule has 1 heterocycles. The van der Waals surface area contributed by atoms with Crippen molar-refractivity contribution >= 4 is 5.91 Å². The fourth-order valence-corrected chi connectivity index (χ4v) is 2.81. The SMILES string of the molecule is COc1ccccc1CNC(=O)C(C)(C)c1ccc2c(c1)OCCO2. The molecule has 0 saturated heterocycles. The van der Waals surface area contributed by atoms with Crippen molar-refractivity contribution in [2.45, 2.75) is 25.8 Å². The third kappa shape index (κ3) is 3.55. The van der Waals surface area contributed by atoms with Gasteiger partial charge in [0, 0.05) is 12.1 Å². The Morgan fingerprint density at radius 2 is 1.84 bits per heavy atom. The molecule has 1 N–H and O–H groups in total. The van der Waals surface area contributed by atoms with Gasteiger partial charge in [-0.1, -0.05) is 24.3 Å². The number of benzene rings is 2. The van der Waals surface area contributed by atoms with Gasteiger partial charge in [0.05, 0.1) is 12.5 Å². The zero-order chi connectivity index (χ0) is 17.9. The highest BCUT2D eigenvalue weighted by Crippen LogP contribution is 2.35. The number of fused-ring (bicyclic) bond motifs is 1. The van der Waals surface area contributed by atoms with Crippen molar-refractivity contribution in [2.75, 3.05) is 20.3 Å². The molecular formula is C20H23NO4. The summed E-state index contributed by atoms with van der Waals surface area (Å²) in [6, 6.07) is 13.3. The van der Waals surface area contributed by atoms with Crippen molar-refractivity contribution in [3.63, 3.8) is 0 Å². The predicted molar refractivity (Wildman–Crippen MR) is 95.3 cm³/mol. The highest BCUT2D eigenvalue weighted by Gasteiger charge is 2.31. The van der Waals surface area contributed by atoms with Gasteiger partial charge in [-0.3, -0.25) is 4.79 Å². The van der Waals surface area contributed by atoms with Gasteiger partial charge in [0.1, 0.15) is 19.0 Å². The van der Waals surface area contributed by atoms with Crippen LogP contribution in [0.15, 0.2) is 42.5 Å². The van der Waals surface area contributed by atoms with Crippen LogP contribution in [0.25, 0.3) is 0 Å². The Morgan fingerprint density at radius 3 is 2.60 bits per heavy atom. The first kappa shape index (κ1) is 17.1. The maximum absolute atomic E-state index is 12.8. The molecule has 0 spiro atoms. The van der Waals surface area contributed by atoms with Crippen LogP contribution in [0.5, 0.6) is 17.2 Å². The van der Waals surface area contributed by atoms with Crippen LogP contribution in [0.2, 0.25) is 0 Å². The van der Waals surface area contributed by atoms with Gasteiger partial charge < -0.3 is 19.5 Å². The first-order chi connectivity index (χ1) is 12.0. The molecule has 0 aromatic heterocycles. The molecule has 0 saturated carbocycles. The Labute approximate surface area is 147 Å². The Hall–Kier alpha value is -2.69. The molecule has 25 heavy (non-hydrogen) atoms. The quantitative estimate of drug-likeness (QED) is 0.908. The molecule has 1 aliphatic rings. The summed E-state index contributed by atoms with van der Waals surface area (Å²) in [7, 11) is 1.62. The van der Waals surface area contributed by atoms with Gasteiger partial charge in [0.2, 0.25) is 5.91 Å². The Bertz CT molecular complexity index is 770. The second-order valence-corrected chi connectivity index (χ2v) is 6.48. The second kappa shape index (κ2) is 7.05. The molecule has 0 unspecified atom stereocenters. The summed E-state index contributed by atoms with van der Waals surface area (Å²) in [5.41, 5.74) is 1.13. The van der Waals surface area contributed by atoms with Crippen LogP contribution in [0.3, 0.4) is 0 Å². The van der Waals surface area contributed by atoms with E-state index in [1.54, 1.807) is 7.11 Å². The minimum absolute atomic E-state index is 0.0601. The number of rotatable bonds is 5. The number of para-hydroxylation sites is 1. The molecule has 5 heteroatoms. The van der Waals surface area contributed by atoms with E-state index in [9.17, 15) is 4.79 Å². The van der Waals surface area contributed by atoms with Crippen molar-refractivity contribution in [1.82, 2.24) is 5.32 Å². The molecule has 2 aromatic carbocycles. The number of hydrogen-bond donors (Lipinski definition) is 1. The molecule has 0 fully saturated rings. The first-order valence-corrected chi connectivity index (χ1v) is 8.32. The molecule has 1 amide bonds. The van der Waals surface area contributed by atoms with E-state index in [0.717, 1.165) is 22.6 Å². The Morgan fingerprint density at radius 1 is 1.12 bits per heavy atom. The van der Waals surface area contributed by atoms with Gasteiger partial charge >= 0.3 is 0 Å². The fourth-order valence-electron chi connectivity index (χ4n) is 2.81. The van der Waals surface area contributed by atoms with Gasteiger partial charge in [-0.2, -0.15) is 0 Å². The van der Waals surface area contributed by atoms with Crippen LogP contribution in [0.4, 0.5) is 0 Å². The summed E-state index contributed by atoms with van der Waals surface area (Å²) in [5, 5.41) is 3.00. The number of methoxy groups -OCH3 is 1. The first-order valence-electron chi connectivity index (χ1n) is 8.32. The van der Waals surface area contributed by atoms with Crippen LogP contribution in [0.1, 0.15) is 25.0 Å². The summed E-state index contributed by atoms with van der Waals surface area (Å²) >= 11 is 0. The maximum atomic E-state index is 12.8. The molecule has 0 radical (unpaired) electrons. The predicted octanol–water partition coefficient (Wildman–Crippen LogP) is 3.06. The number of carbonyl (C=O) groups is 1. The van der Waals surface area contributed by atoms with E-state index in [1.165, 1.54) is 0 Å². The minimum atomic E-state index is -0.697. The van der Waals surface area contributed by atoms with Crippen molar-refractivity contribution in [3.8, 4) is 17.2 Å². The summed E-state index contributed by atoms with van der Waals surface area (Å²) in [6.07, 6.45) is 0. The summed E-state index contributed by atoms with van der Waals surface area (Å²) < 4.78 is 16.5. The normalized spacial score (nSPS) is 13.2. The number of amides is 1. The van der Waals surface area contributed by atoms with E-state index >= 15 is 0 Å². The van der Waals surface area contributed by atoms with E-state index in [4.69, 9.17) is 14.2 Å². The molecule has 5 nitrogen and oxygen atoms in total. The van der Waals surface area contributed by atoms with Gasteiger partial charge in [0.25, 0.3) is 0 Å². The zero-order valence-corrected chi connectivity index (χ0v) is 14.8. The zero-order valence-electron chi connectivity index (χ0n) is 14.8. The lowest BCUT2D eigenvalue weighted by Crippen LogP contribution is -2.39. The number of nitrogens with one attached hydrogen (secondary N) is 1. The second-order valence-electron chi connectivity index (χ2n) is 6.48. The van der Waals surface area contributed by atoms with Crippen LogP contribution >= 0.6 is 0 Å². The molecule has 2 aromatic rings. The Kier molecular flexibility index (Phi) is 4.83. The summed E-state index contributed by atoms with van der Waals surface area (Å²) in [6.45, 7) is 5.29. The molecule has 0 bridgehead atoms. The molecule has 3 rings (SSSR count). The molecular weight excluding hydrogens is 318 g/mol. The third-order valence-electron chi connectivity index (χ3n) is 4.46. The van der Waals surface area contributed by atoms with Crippen LogP contribution in [0, 0.1) is 0 Å². The highest BCUT2D eigenvalue weighted by molar-refractivity contribution is 5.87. The fraction of sp³-hybridized carbons (Fsp3) is 0.350. The summed E-state index contributed by atoms with van der Waals surface area (Å²) in [5.74, 6) is 2.12. The van der Waals surface area contributed by atoms with Crippen molar-refractivity contribution in [3.05, 3.63) is 53.6 Å². The summed E-state index contributed by atoms with van der Waals surface area (Å²) in [4.78, 5) is 12.8. The van der Waals surface area contributed by atoms with Gasteiger partial charge in [0.15, 0.2) is 11.5 Å². The lowest BCUT2D eigenvalue weighted by atomic mass is 9.83. The standard InChI is InChI=1S/C20H23NO4/c1-20(2,15-8-9-17-18(12-15)25-11-10-24-17)19(22)21-13-14-6-4-5-7-16(14)23-3/h4-9,12H,10-11,13H2,1-3H3,(H,21,22). The van der Waals surface area contributed by atoms with Crippen LogP contribution < -0.4 is 19.5 Å². The van der Waals surface area contributed by atoms with E-state index in [-0.39, 0.29) is 5.91 Å². The van der Waals surface area contributed by atoms with Crippen molar-refractivity contribution in [1.29, 1.82) is 0 Å². The third-order valence-corrected chi connectivity index (χ3v) is 4.46. The van der Waals surface area contributed by atoms with Crippen LogP contribution in [-0.4, -0.2) is 26.2 Å². The van der Waals surface area contributed by atoms with Crippen molar-refractivity contribution < 1.29 is 19.0 Å². The molecule has 0 aliphatic carbocycles. The van der Waals surface area contributed by atoms with Gasteiger partial charge in [-0.25, -0.2) is 0 Å². The maximum Gasteiger partial charge on any atom is 0.230 e. The van der Waals surface area contributed by atoms with E-state index in [1.807, 2.05) is 56.3 Å². The molecule has 132 valence electrons. The van der Waals surface area contributed by atoms with Crippen LogP contribution in [-0.2, 0) is 16.8 Å². The topological polar surface area (TPSA) is 56.8 Å². The largest absolute Gasteiger partial charge is 0.496 e. The van der Waals surface area contributed by atoms with Crippen molar-refractivity contribution in [2.24, 2.45) is 0 Å². The number of carbonyl (C=O) groups excluding carboxylic acids is 1. The average molecular weight is 341 g/mol. The number of hydrogen-bond acceptors (Lipinski definition) is 4. The van der Waals surface area contributed by atoms with Gasteiger partial charge in [-0.15, -0.1) is 0 Å². The smallest absolute Gasteiger partial charge is 0.230 e. The van der Waals surface area contributed by atoms with E-state index < -0.39 is 5.41 Å². The van der Waals surface area contributed by atoms with Gasteiger partial charge in [-0.05, 0) is 37.6 Å². The number of ether oxygens (including phenoxy) is 3. The minimum Gasteiger partial charge on any atom is -0.496 e. The average Bonchev–Trinajstić information content (AvgIpc) is 2.65. The lowest BCUT2D eigenvalue weighted by molar-refractivity contribution is -0.125. The lowest BCUT2D eigenvalue weighted by Gasteiger charge is -2.26. The molecule has 0 atom stereocenters. The monoisotopic (exact) mass is 341 g/mol. The van der Waals surface area contributed by atoms with E-state index in [0.29, 0.717) is 25.5 Å².